The first-order chi connectivity index (χ1) is 15.6. The maximum Gasteiger partial charge on any atom is 0.435 e. The molecule has 0 N–H and O–H groups in total. The Morgan fingerprint density at radius 3 is 2.76 bits per heavy atom. The summed E-state index contributed by atoms with van der Waals surface area (Å²) >= 11 is 1.21. The Balaban J connectivity index is 2.06. The zero-order chi connectivity index (χ0) is 24.1. The highest BCUT2D eigenvalue weighted by Gasteiger charge is 2.48. The number of nitriles is 1. The van der Waals surface area contributed by atoms with Crippen LogP contribution < -0.4 is 0 Å². The lowest BCUT2D eigenvalue weighted by molar-refractivity contribution is -0.141. The van der Waals surface area contributed by atoms with Crippen LogP contribution in [0.25, 0.3) is 11.1 Å². The summed E-state index contributed by atoms with van der Waals surface area (Å²) in [6.45, 7) is 5.50. The van der Waals surface area contributed by atoms with E-state index in [-0.39, 0.29) is 40.0 Å². The lowest BCUT2D eigenvalue weighted by Crippen LogP contribution is -2.46. The van der Waals surface area contributed by atoms with E-state index in [1.165, 1.54) is 34.6 Å². The molecule has 1 amide bonds. The molecule has 0 saturated carbocycles. The number of alkyl halides is 3. The maximum atomic E-state index is 15.3. The number of nitrogens with zero attached hydrogens (tertiary/aromatic N) is 4. The monoisotopic (exact) mass is 490 g/mol. The summed E-state index contributed by atoms with van der Waals surface area (Å²) in [5.41, 5.74) is -0.966. The van der Waals surface area contributed by atoms with Gasteiger partial charge in [0.1, 0.15) is 16.8 Å². The number of aromatic nitrogens is 2. The number of benzene rings is 1. The van der Waals surface area contributed by atoms with Gasteiger partial charge in [-0.15, -0.1) is 11.3 Å². The largest absolute Gasteiger partial charge is 0.435 e. The maximum absolute atomic E-state index is 15.3. The Hall–Kier alpha value is -3.23. The van der Waals surface area contributed by atoms with Gasteiger partial charge in [0.25, 0.3) is 0 Å². The summed E-state index contributed by atoms with van der Waals surface area (Å²) in [7, 11) is 0.220. The Morgan fingerprint density at radius 1 is 1.42 bits per heavy atom. The van der Waals surface area contributed by atoms with Crippen LogP contribution in [0, 0.1) is 17.1 Å². The number of carbonyl (C=O) groups excluding carboxylic acids is 1. The van der Waals surface area contributed by atoms with Gasteiger partial charge in [-0.2, -0.15) is 23.5 Å². The van der Waals surface area contributed by atoms with E-state index in [1.54, 1.807) is 13.0 Å². The molecule has 1 atom stereocenters. The molecule has 2 aromatic heterocycles. The van der Waals surface area contributed by atoms with Crippen molar-refractivity contribution < 1.29 is 22.4 Å². The van der Waals surface area contributed by atoms with Gasteiger partial charge in [0, 0.05) is 39.0 Å². The number of aryl methyl sites for hydroxylation is 1. The highest BCUT2D eigenvalue weighted by atomic mass is 32.1. The third-order valence-electron chi connectivity index (χ3n) is 5.89. The van der Waals surface area contributed by atoms with Gasteiger partial charge in [-0.3, -0.25) is 9.48 Å². The smallest absolute Gasteiger partial charge is 0.324 e. The zero-order valence-electron chi connectivity index (χ0n) is 17.7. The van der Waals surface area contributed by atoms with Gasteiger partial charge in [0.05, 0.1) is 11.7 Å². The highest BCUT2D eigenvalue weighted by Crippen LogP contribution is 2.50. The number of amides is 1. The van der Waals surface area contributed by atoms with Crippen LogP contribution in [0.5, 0.6) is 0 Å². The van der Waals surface area contributed by atoms with E-state index in [0.29, 0.717) is 10.4 Å². The predicted octanol–water partition coefficient (Wildman–Crippen LogP) is 3.76. The van der Waals surface area contributed by atoms with Gasteiger partial charge in [-0.05, 0) is 36.3 Å². The van der Waals surface area contributed by atoms with Crippen molar-refractivity contribution >= 4 is 27.5 Å². The fraction of sp³-hybridized carbons (Fsp3) is 0.227. The van der Waals surface area contributed by atoms with E-state index in [0.717, 1.165) is 21.7 Å². The van der Waals surface area contributed by atoms with Gasteiger partial charge in [-0.1, -0.05) is 18.7 Å². The normalized spacial score (nSPS) is 17.8. The number of rotatable bonds is 4. The van der Waals surface area contributed by atoms with Crippen molar-refractivity contribution in [3.05, 3.63) is 75.5 Å². The quantitative estimate of drug-likeness (QED) is 0.318. The molecular weight excluding hydrogens is 472 g/mol. The Bertz CT molecular complexity index is 1320. The van der Waals surface area contributed by atoms with Crippen molar-refractivity contribution in [3.63, 3.8) is 0 Å². The van der Waals surface area contributed by atoms with Crippen LogP contribution >= 0.6 is 11.3 Å². The summed E-state index contributed by atoms with van der Waals surface area (Å²) in [4.78, 5) is 15.5. The summed E-state index contributed by atoms with van der Waals surface area (Å²) < 4.78 is 58.0. The van der Waals surface area contributed by atoms with Crippen LogP contribution in [0.1, 0.15) is 33.5 Å². The van der Waals surface area contributed by atoms with E-state index < -0.39 is 28.8 Å². The van der Waals surface area contributed by atoms with Crippen molar-refractivity contribution in [2.24, 2.45) is 0 Å². The van der Waals surface area contributed by atoms with Crippen LogP contribution in [-0.2, 0) is 29.2 Å². The lowest BCUT2D eigenvalue weighted by Gasteiger charge is -2.37. The summed E-state index contributed by atoms with van der Waals surface area (Å²) in [5, 5.41) is 11.8. The number of carbonyl (C=O) groups is 1. The Morgan fingerprint density at radius 2 is 2.15 bits per heavy atom. The second kappa shape index (κ2) is 7.97. The van der Waals surface area contributed by atoms with Crippen molar-refractivity contribution in [1.29, 1.82) is 5.26 Å². The van der Waals surface area contributed by atoms with Crippen molar-refractivity contribution in [2.75, 3.05) is 0 Å². The molecule has 0 fully saturated rings. The van der Waals surface area contributed by atoms with Crippen molar-refractivity contribution in [3.8, 4) is 17.2 Å². The van der Waals surface area contributed by atoms with Gasteiger partial charge in [0.15, 0.2) is 5.69 Å². The summed E-state index contributed by atoms with van der Waals surface area (Å²) in [6.07, 6.45) is -2.50. The standard InChI is InChI=1S/C22H18F4N4OSSi/c1-3-18(31)30-11-17-15(8-12(9-27)32-17)21(30,33)14-6-5-7-16(23)19(14)13-10-29(4-2)28-20(13)22(24,25)26/h3,5-8,10H,1,4,11H2,2,33H3/t21-/m1/s1. The van der Waals surface area contributed by atoms with Crippen LogP contribution in [0.2, 0.25) is 0 Å². The molecule has 170 valence electrons. The highest BCUT2D eigenvalue weighted by molar-refractivity contribution is 7.12. The topological polar surface area (TPSA) is 61.9 Å². The molecule has 0 aliphatic carbocycles. The van der Waals surface area contributed by atoms with E-state index >= 15 is 4.39 Å². The van der Waals surface area contributed by atoms with E-state index in [2.05, 4.69) is 17.7 Å². The minimum atomic E-state index is -4.80. The molecule has 0 radical (unpaired) electrons. The summed E-state index contributed by atoms with van der Waals surface area (Å²) in [5.74, 6) is -1.28. The first-order valence-electron chi connectivity index (χ1n) is 9.97. The van der Waals surface area contributed by atoms with Crippen LogP contribution in [-0.4, -0.2) is 30.8 Å². The molecule has 0 spiro atoms. The van der Waals surface area contributed by atoms with E-state index in [4.69, 9.17) is 0 Å². The van der Waals surface area contributed by atoms with Gasteiger partial charge >= 0.3 is 6.18 Å². The van der Waals surface area contributed by atoms with Crippen LogP contribution in [0.15, 0.2) is 43.1 Å². The average molecular weight is 491 g/mol. The SMILES string of the molecule is C=CC(=O)N1Cc2sc(C#N)cc2[C@]1([SiH3])c1cccc(F)c1-c1cn(CC)nc1C(F)(F)F. The Labute approximate surface area is 194 Å². The first-order valence-corrected chi connectivity index (χ1v) is 11.8. The van der Waals surface area contributed by atoms with Gasteiger partial charge in [-0.25, -0.2) is 4.39 Å². The third kappa shape index (κ3) is 3.50. The van der Waals surface area contributed by atoms with Crippen molar-refractivity contribution in [1.82, 2.24) is 14.7 Å². The Kier molecular flexibility index (Phi) is 5.54. The molecule has 33 heavy (non-hydrogen) atoms. The molecule has 0 saturated heterocycles. The van der Waals surface area contributed by atoms with Gasteiger partial charge in [0.2, 0.25) is 5.91 Å². The number of fused-ring (bicyclic) bond motifs is 1. The molecule has 0 unspecified atom stereocenters. The van der Waals surface area contributed by atoms with Crippen molar-refractivity contribution in [2.45, 2.75) is 31.4 Å². The molecule has 5 nitrogen and oxygen atoms in total. The van der Waals surface area contributed by atoms with E-state index in [9.17, 15) is 23.2 Å². The molecule has 11 heteroatoms. The number of thiophene rings is 1. The summed E-state index contributed by atoms with van der Waals surface area (Å²) in [6, 6.07) is 7.76. The van der Waals surface area contributed by atoms with Crippen LogP contribution in [0.4, 0.5) is 17.6 Å². The molecule has 1 aromatic carbocycles. The molecular formula is C22H18F4N4OSSi. The predicted molar refractivity (Wildman–Crippen MR) is 119 cm³/mol. The number of halogens is 4. The first kappa shape index (κ1) is 22.9. The fourth-order valence-electron chi connectivity index (χ4n) is 4.34. The molecule has 1 aliphatic heterocycles. The molecule has 1 aliphatic rings. The average Bonchev–Trinajstić information content (AvgIpc) is 3.46. The third-order valence-corrected chi connectivity index (χ3v) is 8.53. The second-order valence-corrected chi connectivity index (χ2v) is 10.3. The number of hydrogen-bond acceptors (Lipinski definition) is 4. The zero-order valence-corrected chi connectivity index (χ0v) is 20.5. The van der Waals surface area contributed by atoms with Crippen LogP contribution in [0.3, 0.4) is 0 Å². The lowest BCUT2D eigenvalue weighted by atomic mass is 9.90. The minimum Gasteiger partial charge on any atom is -0.324 e. The molecule has 3 aromatic rings. The van der Waals surface area contributed by atoms with E-state index in [1.807, 2.05) is 0 Å². The number of hydrogen-bond donors (Lipinski definition) is 0. The fourth-order valence-corrected chi connectivity index (χ4v) is 6.81. The molecule has 0 bridgehead atoms. The second-order valence-electron chi connectivity index (χ2n) is 7.67. The molecule has 4 rings (SSSR count). The van der Waals surface area contributed by atoms with Gasteiger partial charge < -0.3 is 4.90 Å². The minimum absolute atomic E-state index is 0.159. The molecule has 3 heterocycles.